The molecule has 9 nitrogen and oxygen atoms in total. The van der Waals surface area contributed by atoms with Crippen molar-refractivity contribution in [1.29, 1.82) is 0 Å². The lowest BCUT2D eigenvalue weighted by Gasteiger charge is -2.15. The van der Waals surface area contributed by atoms with Crippen LogP contribution in [0.15, 0.2) is 0 Å². The summed E-state index contributed by atoms with van der Waals surface area (Å²) in [7, 11) is 0. The highest BCUT2D eigenvalue weighted by Crippen LogP contribution is 1.97. The van der Waals surface area contributed by atoms with E-state index in [2.05, 4.69) is 14.2 Å². The number of hydrogen-bond acceptors (Lipinski definition) is 9. The lowest BCUT2D eigenvalue weighted by molar-refractivity contribution is -0.163. The first-order valence-corrected chi connectivity index (χ1v) is 6.17. The molecule has 126 valence electrons. The van der Waals surface area contributed by atoms with Crippen LogP contribution in [-0.4, -0.2) is 49.2 Å². The molecular weight excluding hydrogens is 300 g/mol. The second kappa shape index (κ2) is 12.3. The van der Waals surface area contributed by atoms with E-state index < -0.39 is 36.0 Å². The highest BCUT2D eigenvalue weighted by Gasteiger charge is 2.15. The second-order valence-electron chi connectivity index (χ2n) is 3.92. The molecular formula is C13H20O9. The maximum Gasteiger partial charge on any atom is 0.310 e. The van der Waals surface area contributed by atoms with Crippen LogP contribution in [0.4, 0.5) is 0 Å². The summed E-state index contributed by atoms with van der Waals surface area (Å²) in [4.78, 5) is 51.3. The largest absolute Gasteiger partial charge is 0.462 e. The maximum absolute atomic E-state index is 10.6. The lowest BCUT2D eigenvalue weighted by Crippen LogP contribution is -2.29. The Labute approximate surface area is 127 Å². The Bertz CT molecular complexity index is 384. The Hall–Kier alpha value is -2.45. The molecule has 0 aromatic heterocycles. The summed E-state index contributed by atoms with van der Waals surface area (Å²) in [5, 5.41) is 0. The van der Waals surface area contributed by atoms with Gasteiger partial charge in [-0.05, 0) is 0 Å². The van der Waals surface area contributed by atoms with Gasteiger partial charge in [0.15, 0.2) is 6.10 Å². The minimum absolute atomic E-state index is 0.123. The van der Waals surface area contributed by atoms with E-state index in [-0.39, 0.29) is 13.2 Å². The molecule has 0 aromatic rings. The van der Waals surface area contributed by atoms with Gasteiger partial charge in [-0.3, -0.25) is 24.0 Å². The summed E-state index contributed by atoms with van der Waals surface area (Å²) >= 11 is 0. The standard InChI is InChI=1S/C9H14O6.C4H6O3/c1-6(10)13-4-9(15-8(3)12)5-14-7(2)11;1-3(5)7-4(2)6/h9H,4-5H2,1-3H3;1-2H3. The fourth-order valence-corrected chi connectivity index (χ4v) is 0.974. The average molecular weight is 320 g/mol. The molecule has 0 aliphatic rings. The van der Waals surface area contributed by atoms with Crippen molar-refractivity contribution in [3.05, 3.63) is 0 Å². The van der Waals surface area contributed by atoms with Crippen LogP contribution in [-0.2, 0) is 42.9 Å². The van der Waals surface area contributed by atoms with Crippen LogP contribution in [0.1, 0.15) is 34.6 Å². The van der Waals surface area contributed by atoms with Gasteiger partial charge in [-0.1, -0.05) is 0 Å². The van der Waals surface area contributed by atoms with Gasteiger partial charge >= 0.3 is 29.8 Å². The summed E-state index contributed by atoms with van der Waals surface area (Å²) in [6.45, 7) is 5.80. The fourth-order valence-electron chi connectivity index (χ4n) is 0.974. The molecule has 0 atom stereocenters. The molecule has 0 aliphatic carbocycles. The molecule has 0 radical (unpaired) electrons. The molecule has 0 unspecified atom stereocenters. The van der Waals surface area contributed by atoms with Crippen molar-refractivity contribution in [2.45, 2.75) is 40.7 Å². The molecule has 0 aromatic carbocycles. The van der Waals surface area contributed by atoms with E-state index in [1.165, 1.54) is 34.6 Å². The van der Waals surface area contributed by atoms with Crippen LogP contribution in [0, 0.1) is 0 Å². The van der Waals surface area contributed by atoms with Gasteiger partial charge in [0.05, 0.1) is 0 Å². The van der Waals surface area contributed by atoms with Crippen LogP contribution in [0.3, 0.4) is 0 Å². The van der Waals surface area contributed by atoms with E-state index in [1.807, 2.05) is 0 Å². The third kappa shape index (κ3) is 19.9. The average Bonchev–Trinajstić information content (AvgIpc) is 2.30. The summed E-state index contributed by atoms with van der Waals surface area (Å²) in [6, 6.07) is 0. The quantitative estimate of drug-likeness (QED) is 0.395. The number of carbonyl (C=O) groups is 5. The molecule has 0 heterocycles. The summed E-state index contributed by atoms with van der Waals surface area (Å²) < 4.78 is 18.0. The molecule has 0 saturated carbocycles. The molecule has 9 heteroatoms. The van der Waals surface area contributed by atoms with Gasteiger partial charge in [0, 0.05) is 34.6 Å². The first-order chi connectivity index (χ1) is 10.0. The number of esters is 5. The van der Waals surface area contributed by atoms with Crippen molar-refractivity contribution in [3.8, 4) is 0 Å². The van der Waals surface area contributed by atoms with Gasteiger partial charge in [-0.2, -0.15) is 0 Å². The van der Waals surface area contributed by atoms with Crippen LogP contribution in [0.5, 0.6) is 0 Å². The number of carbonyl (C=O) groups excluding carboxylic acids is 5. The summed E-state index contributed by atoms with van der Waals surface area (Å²) in [5.41, 5.74) is 0. The van der Waals surface area contributed by atoms with Gasteiger partial charge < -0.3 is 18.9 Å². The first-order valence-electron chi connectivity index (χ1n) is 6.17. The van der Waals surface area contributed by atoms with Crippen molar-refractivity contribution >= 4 is 29.8 Å². The van der Waals surface area contributed by atoms with Gasteiger partial charge in [-0.25, -0.2) is 0 Å². The van der Waals surface area contributed by atoms with Crippen molar-refractivity contribution in [2.75, 3.05) is 13.2 Å². The number of hydrogen-bond donors (Lipinski definition) is 0. The van der Waals surface area contributed by atoms with Crippen LogP contribution in [0.2, 0.25) is 0 Å². The second-order valence-corrected chi connectivity index (χ2v) is 3.92. The van der Waals surface area contributed by atoms with Crippen LogP contribution < -0.4 is 0 Å². The van der Waals surface area contributed by atoms with E-state index in [0.29, 0.717) is 0 Å². The zero-order valence-corrected chi connectivity index (χ0v) is 13.2. The lowest BCUT2D eigenvalue weighted by atomic mass is 10.4. The molecule has 0 aliphatic heterocycles. The normalized spacial score (nSPS) is 9.00. The monoisotopic (exact) mass is 320 g/mol. The minimum Gasteiger partial charge on any atom is -0.462 e. The van der Waals surface area contributed by atoms with Crippen molar-refractivity contribution < 1.29 is 42.9 Å². The third-order valence-corrected chi connectivity index (χ3v) is 1.57. The molecule has 0 rings (SSSR count). The highest BCUT2D eigenvalue weighted by atomic mass is 16.6. The Balaban J connectivity index is 0. The predicted molar refractivity (Wildman–Crippen MR) is 71.3 cm³/mol. The predicted octanol–water partition coefficient (Wildman–Crippen LogP) is 0.140. The van der Waals surface area contributed by atoms with Gasteiger partial charge in [0.2, 0.25) is 0 Å². The maximum atomic E-state index is 10.6. The molecule has 0 amide bonds. The Kier molecular flexibility index (Phi) is 12.2. The molecule has 0 bridgehead atoms. The molecule has 0 fully saturated rings. The van der Waals surface area contributed by atoms with Crippen LogP contribution in [0.25, 0.3) is 0 Å². The Morgan fingerprint density at radius 2 is 1.00 bits per heavy atom. The topological polar surface area (TPSA) is 122 Å². The minimum atomic E-state index is -0.754. The zero-order chi connectivity index (χ0) is 17.7. The van der Waals surface area contributed by atoms with Crippen molar-refractivity contribution in [2.24, 2.45) is 0 Å². The van der Waals surface area contributed by atoms with E-state index in [0.717, 1.165) is 0 Å². The van der Waals surface area contributed by atoms with E-state index in [1.54, 1.807) is 0 Å². The Morgan fingerprint density at radius 3 is 1.18 bits per heavy atom. The highest BCUT2D eigenvalue weighted by molar-refractivity contribution is 5.82. The van der Waals surface area contributed by atoms with Gasteiger partial charge in [0.1, 0.15) is 13.2 Å². The number of rotatable bonds is 5. The fraction of sp³-hybridized carbons (Fsp3) is 0.615. The number of ether oxygens (including phenoxy) is 4. The third-order valence-electron chi connectivity index (χ3n) is 1.57. The molecule has 0 spiro atoms. The van der Waals surface area contributed by atoms with Crippen molar-refractivity contribution in [3.63, 3.8) is 0 Å². The van der Waals surface area contributed by atoms with Gasteiger partial charge in [0.25, 0.3) is 0 Å². The summed E-state index contributed by atoms with van der Waals surface area (Å²) in [6.07, 6.45) is -0.754. The Morgan fingerprint density at radius 1 is 0.636 bits per heavy atom. The van der Waals surface area contributed by atoms with E-state index in [4.69, 9.17) is 4.74 Å². The van der Waals surface area contributed by atoms with Gasteiger partial charge in [-0.15, -0.1) is 0 Å². The summed E-state index contributed by atoms with van der Waals surface area (Å²) in [5.74, 6) is -2.63. The molecule has 0 saturated heterocycles. The van der Waals surface area contributed by atoms with E-state index in [9.17, 15) is 24.0 Å². The van der Waals surface area contributed by atoms with Crippen molar-refractivity contribution in [1.82, 2.24) is 0 Å². The SMILES string of the molecule is CC(=O)OC(C)=O.CC(=O)OCC(COC(C)=O)OC(C)=O. The first kappa shape index (κ1) is 21.8. The molecule has 0 N–H and O–H groups in total. The zero-order valence-electron chi connectivity index (χ0n) is 13.2. The molecule has 22 heavy (non-hydrogen) atoms. The van der Waals surface area contributed by atoms with Crippen LogP contribution >= 0.6 is 0 Å². The van der Waals surface area contributed by atoms with E-state index >= 15 is 0 Å². The smallest absolute Gasteiger partial charge is 0.310 e.